The van der Waals surface area contributed by atoms with Crippen molar-refractivity contribution < 1.29 is 9.13 Å². The number of aryl methyl sites for hydroxylation is 1. The number of hydrogen-bond acceptors (Lipinski definition) is 3. The lowest BCUT2D eigenvalue weighted by Crippen LogP contribution is -2.37. The first kappa shape index (κ1) is 25.2. The van der Waals surface area contributed by atoms with E-state index in [1.807, 2.05) is 45.3 Å². The van der Waals surface area contributed by atoms with Crippen molar-refractivity contribution in [1.82, 2.24) is 15.5 Å². The molecule has 0 amide bonds. The van der Waals surface area contributed by atoms with E-state index in [1.54, 1.807) is 13.1 Å². The van der Waals surface area contributed by atoms with Crippen LogP contribution in [0.1, 0.15) is 16.7 Å². The van der Waals surface area contributed by atoms with E-state index in [1.165, 1.54) is 6.07 Å². The molecule has 2 N–H and O–H groups in total. The fourth-order valence-corrected chi connectivity index (χ4v) is 2.75. The molecule has 0 atom stereocenters. The third-order valence-corrected chi connectivity index (χ3v) is 4.38. The van der Waals surface area contributed by atoms with Crippen LogP contribution in [-0.2, 0) is 13.0 Å². The normalized spacial score (nSPS) is 11.2. The van der Waals surface area contributed by atoms with Crippen molar-refractivity contribution in [1.29, 1.82) is 0 Å². The van der Waals surface area contributed by atoms with Gasteiger partial charge in [0.15, 0.2) is 5.96 Å². The molecular weight excluding hydrogens is 482 g/mol. The maximum Gasteiger partial charge on any atom is 0.191 e. The Morgan fingerprint density at radius 3 is 2.62 bits per heavy atom. The van der Waals surface area contributed by atoms with E-state index in [4.69, 9.17) is 4.74 Å². The van der Waals surface area contributed by atoms with Gasteiger partial charge in [-0.3, -0.25) is 4.99 Å². The standard InChI is InChI=1S/C22H31FN4O.HI/c1-17-14-20(23)9-8-19(17)10-11-25-22(24-2)26-16-18-6-5-7-21(15-18)28-13-12-27(3)4;/h5-9,14-15H,10-13,16H2,1-4H3,(H2,24,25,26);1H. The molecule has 2 aromatic rings. The topological polar surface area (TPSA) is 48.9 Å². The molecule has 7 heteroatoms. The van der Waals surface area contributed by atoms with Gasteiger partial charge < -0.3 is 20.3 Å². The average molecular weight is 514 g/mol. The molecule has 0 heterocycles. The molecule has 160 valence electrons. The summed E-state index contributed by atoms with van der Waals surface area (Å²) in [7, 11) is 5.80. The summed E-state index contributed by atoms with van der Waals surface area (Å²) in [6.45, 7) is 4.85. The van der Waals surface area contributed by atoms with Crippen LogP contribution in [0.5, 0.6) is 5.75 Å². The van der Waals surface area contributed by atoms with Crippen molar-refractivity contribution in [3.8, 4) is 5.75 Å². The van der Waals surface area contributed by atoms with E-state index in [0.29, 0.717) is 13.2 Å². The van der Waals surface area contributed by atoms with Crippen molar-refractivity contribution in [2.45, 2.75) is 19.9 Å². The molecule has 29 heavy (non-hydrogen) atoms. The van der Waals surface area contributed by atoms with Crippen LogP contribution >= 0.6 is 24.0 Å². The van der Waals surface area contributed by atoms with E-state index in [2.05, 4.69) is 26.6 Å². The summed E-state index contributed by atoms with van der Waals surface area (Å²) in [5.74, 6) is 1.41. The maximum absolute atomic E-state index is 13.2. The Kier molecular flexibility index (Phi) is 11.6. The lowest BCUT2D eigenvalue weighted by Gasteiger charge is -2.14. The minimum Gasteiger partial charge on any atom is -0.492 e. The number of rotatable bonds is 9. The molecule has 5 nitrogen and oxygen atoms in total. The average Bonchev–Trinajstić information content (AvgIpc) is 2.66. The van der Waals surface area contributed by atoms with Crippen LogP contribution in [0.15, 0.2) is 47.5 Å². The maximum atomic E-state index is 13.2. The van der Waals surface area contributed by atoms with Crippen LogP contribution in [-0.4, -0.2) is 51.7 Å². The number of aliphatic imine (C=N–C) groups is 1. The van der Waals surface area contributed by atoms with Gasteiger partial charge in [-0.25, -0.2) is 4.39 Å². The minimum absolute atomic E-state index is 0. The Labute approximate surface area is 190 Å². The molecule has 0 aliphatic heterocycles. The first-order valence-corrected chi connectivity index (χ1v) is 9.54. The van der Waals surface area contributed by atoms with Gasteiger partial charge in [0.25, 0.3) is 0 Å². The fraction of sp³-hybridized carbons (Fsp3) is 0.409. The highest BCUT2D eigenvalue weighted by Gasteiger charge is 2.03. The lowest BCUT2D eigenvalue weighted by molar-refractivity contribution is 0.261. The summed E-state index contributed by atoms with van der Waals surface area (Å²) in [6.07, 6.45) is 0.808. The van der Waals surface area contributed by atoms with Crippen LogP contribution in [0.25, 0.3) is 0 Å². The number of benzene rings is 2. The van der Waals surface area contributed by atoms with E-state index >= 15 is 0 Å². The van der Waals surface area contributed by atoms with E-state index < -0.39 is 0 Å². The summed E-state index contributed by atoms with van der Waals surface area (Å²) in [6, 6.07) is 13.0. The summed E-state index contributed by atoms with van der Waals surface area (Å²) >= 11 is 0. The zero-order valence-electron chi connectivity index (χ0n) is 17.7. The molecule has 0 spiro atoms. The van der Waals surface area contributed by atoms with E-state index in [-0.39, 0.29) is 29.8 Å². The zero-order chi connectivity index (χ0) is 20.4. The van der Waals surface area contributed by atoms with Gasteiger partial charge in [0.1, 0.15) is 18.2 Å². The van der Waals surface area contributed by atoms with Gasteiger partial charge in [0.05, 0.1) is 0 Å². The number of guanidine groups is 1. The van der Waals surface area contributed by atoms with Gasteiger partial charge in [0.2, 0.25) is 0 Å². The van der Waals surface area contributed by atoms with E-state index in [0.717, 1.165) is 47.9 Å². The SMILES string of the molecule is CN=C(NCCc1ccc(F)cc1C)NCc1cccc(OCCN(C)C)c1.I. The fourth-order valence-electron chi connectivity index (χ4n) is 2.75. The molecule has 0 fully saturated rings. The Morgan fingerprint density at radius 1 is 1.14 bits per heavy atom. The lowest BCUT2D eigenvalue weighted by atomic mass is 10.1. The van der Waals surface area contributed by atoms with Crippen LogP contribution in [0.4, 0.5) is 4.39 Å². The van der Waals surface area contributed by atoms with Crippen LogP contribution in [0.3, 0.4) is 0 Å². The second kappa shape index (κ2) is 13.4. The molecular formula is C22H32FIN4O. The molecule has 0 aliphatic rings. The smallest absolute Gasteiger partial charge is 0.191 e. The molecule has 0 unspecified atom stereocenters. The third-order valence-electron chi connectivity index (χ3n) is 4.38. The predicted molar refractivity (Wildman–Crippen MR) is 129 cm³/mol. The summed E-state index contributed by atoms with van der Waals surface area (Å²) in [5, 5.41) is 6.61. The Balaban J connectivity index is 0.00000420. The van der Waals surface area contributed by atoms with Gasteiger partial charge in [-0.2, -0.15) is 0 Å². The highest BCUT2D eigenvalue weighted by molar-refractivity contribution is 14.0. The minimum atomic E-state index is -0.195. The second-order valence-corrected chi connectivity index (χ2v) is 6.97. The van der Waals surface area contributed by atoms with Gasteiger partial charge in [-0.05, 0) is 68.4 Å². The molecule has 2 rings (SSSR count). The number of ether oxygens (including phenoxy) is 1. The van der Waals surface area contributed by atoms with Crippen molar-refractivity contribution in [3.63, 3.8) is 0 Å². The first-order valence-electron chi connectivity index (χ1n) is 9.54. The van der Waals surface area contributed by atoms with Gasteiger partial charge in [-0.15, -0.1) is 24.0 Å². The zero-order valence-corrected chi connectivity index (χ0v) is 20.0. The van der Waals surface area contributed by atoms with E-state index in [9.17, 15) is 4.39 Å². The van der Waals surface area contributed by atoms with Crippen molar-refractivity contribution >= 4 is 29.9 Å². The summed E-state index contributed by atoms with van der Waals surface area (Å²) in [5.41, 5.74) is 3.22. The van der Waals surface area contributed by atoms with Gasteiger partial charge in [0, 0.05) is 26.7 Å². The third kappa shape index (κ3) is 9.45. The summed E-state index contributed by atoms with van der Waals surface area (Å²) < 4.78 is 19.0. The van der Waals surface area contributed by atoms with Gasteiger partial charge >= 0.3 is 0 Å². The van der Waals surface area contributed by atoms with Crippen molar-refractivity contribution in [3.05, 3.63) is 65.0 Å². The molecule has 0 saturated heterocycles. The number of hydrogen-bond donors (Lipinski definition) is 2. The number of likely N-dealkylation sites (N-methyl/N-ethyl adjacent to an activating group) is 1. The van der Waals surface area contributed by atoms with Crippen molar-refractivity contribution in [2.24, 2.45) is 4.99 Å². The summed E-state index contributed by atoms with van der Waals surface area (Å²) in [4.78, 5) is 6.35. The second-order valence-electron chi connectivity index (χ2n) is 6.97. The van der Waals surface area contributed by atoms with Crippen molar-refractivity contribution in [2.75, 3.05) is 40.8 Å². The number of nitrogens with one attached hydrogen (secondary N) is 2. The Bertz CT molecular complexity index is 783. The number of nitrogens with zero attached hydrogens (tertiary/aromatic N) is 2. The highest BCUT2D eigenvalue weighted by Crippen LogP contribution is 2.13. The van der Waals surface area contributed by atoms with Crippen LogP contribution in [0, 0.1) is 12.7 Å². The van der Waals surface area contributed by atoms with Gasteiger partial charge in [-0.1, -0.05) is 18.2 Å². The quantitative estimate of drug-likeness (QED) is 0.305. The first-order chi connectivity index (χ1) is 13.5. The highest BCUT2D eigenvalue weighted by atomic mass is 127. The molecule has 2 aromatic carbocycles. The Morgan fingerprint density at radius 2 is 1.93 bits per heavy atom. The largest absolute Gasteiger partial charge is 0.492 e. The Hall–Kier alpha value is -1.87. The molecule has 0 aliphatic carbocycles. The monoisotopic (exact) mass is 514 g/mol. The molecule has 0 radical (unpaired) electrons. The molecule has 0 saturated carbocycles. The molecule has 0 bridgehead atoms. The molecule has 0 aromatic heterocycles. The van der Waals surface area contributed by atoms with Crippen LogP contribution < -0.4 is 15.4 Å². The predicted octanol–water partition coefficient (Wildman–Crippen LogP) is 3.60. The number of halogens is 2. The van der Waals surface area contributed by atoms with Crippen LogP contribution in [0.2, 0.25) is 0 Å².